The largest absolute Gasteiger partial charge is 0.309 e. The highest BCUT2D eigenvalue weighted by molar-refractivity contribution is 7.26. The van der Waals surface area contributed by atoms with Crippen molar-refractivity contribution in [3.63, 3.8) is 0 Å². The first-order valence-corrected chi connectivity index (χ1v) is 23.7. The molecule has 0 bridgehead atoms. The van der Waals surface area contributed by atoms with Crippen molar-refractivity contribution in [2.24, 2.45) is 0 Å². The standard InChI is InChI=1S/C62H49NS/c1-5-40(45-35-54(61-55(36-45)52-23-13-16-26-60(52)64-61)44-30-31-49-48-21-11-14-24-56(48)62(3,4)57(49)37-44)33-43-17-9-10-20-47(43)53-34-41(28-27-39(53)2)42-29-32-51-50-22-12-15-25-58(50)63(59(51)38-42)46-18-7-6-8-19-46/h6-32,34-38,40H,5,33H2,1-4H3. The Morgan fingerprint density at radius 1 is 0.484 bits per heavy atom. The van der Waals surface area contributed by atoms with E-state index >= 15 is 0 Å². The number of fused-ring (bicyclic) bond motifs is 9. The summed E-state index contributed by atoms with van der Waals surface area (Å²) in [5.74, 6) is 0.337. The minimum absolute atomic E-state index is 0.0567. The second kappa shape index (κ2) is 15.1. The van der Waals surface area contributed by atoms with Gasteiger partial charge in [-0.25, -0.2) is 0 Å². The van der Waals surface area contributed by atoms with Gasteiger partial charge in [-0.3, -0.25) is 0 Å². The molecule has 0 N–H and O–H groups in total. The number of benzene rings is 9. The van der Waals surface area contributed by atoms with Crippen LogP contribution in [0.3, 0.4) is 0 Å². The fourth-order valence-electron chi connectivity index (χ4n) is 11.0. The number of hydrogen-bond acceptors (Lipinski definition) is 1. The molecule has 1 unspecified atom stereocenters. The monoisotopic (exact) mass is 839 g/mol. The first kappa shape index (κ1) is 38.7. The van der Waals surface area contributed by atoms with Crippen LogP contribution in [0.25, 0.3) is 92.2 Å². The van der Waals surface area contributed by atoms with Crippen LogP contribution in [0.2, 0.25) is 0 Å². The number of aromatic nitrogens is 1. The van der Waals surface area contributed by atoms with E-state index in [0.717, 1.165) is 12.8 Å². The van der Waals surface area contributed by atoms with Gasteiger partial charge < -0.3 is 4.57 Å². The summed E-state index contributed by atoms with van der Waals surface area (Å²) in [6.07, 6.45) is 2.00. The lowest BCUT2D eigenvalue weighted by molar-refractivity contribution is 0.660. The van der Waals surface area contributed by atoms with E-state index in [-0.39, 0.29) is 5.41 Å². The highest BCUT2D eigenvalue weighted by Gasteiger charge is 2.35. The average Bonchev–Trinajstić information content (AvgIpc) is 3.96. The summed E-state index contributed by atoms with van der Waals surface area (Å²) >= 11 is 1.94. The number of rotatable bonds is 8. The van der Waals surface area contributed by atoms with E-state index in [4.69, 9.17) is 0 Å². The van der Waals surface area contributed by atoms with Crippen molar-refractivity contribution in [1.82, 2.24) is 4.57 Å². The molecule has 11 aromatic rings. The van der Waals surface area contributed by atoms with Gasteiger partial charge in [0.15, 0.2) is 0 Å². The van der Waals surface area contributed by atoms with Crippen LogP contribution in [-0.2, 0) is 11.8 Å². The van der Waals surface area contributed by atoms with Gasteiger partial charge in [-0.05, 0) is 153 Å². The Morgan fingerprint density at radius 3 is 2.02 bits per heavy atom. The molecular weight excluding hydrogens is 791 g/mol. The molecule has 9 aromatic carbocycles. The second-order valence-electron chi connectivity index (χ2n) is 18.4. The third kappa shape index (κ3) is 6.11. The Labute approximate surface area is 379 Å². The van der Waals surface area contributed by atoms with Crippen molar-refractivity contribution in [2.75, 3.05) is 0 Å². The number of thiophene rings is 1. The van der Waals surface area contributed by atoms with E-state index in [9.17, 15) is 0 Å². The minimum Gasteiger partial charge on any atom is -0.309 e. The number of nitrogens with zero attached hydrogens (tertiary/aromatic N) is 1. The van der Waals surface area contributed by atoms with Gasteiger partial charge in [0.1, 0.15) is 0 Å². The zero-order chi connectivity index (χ0) is 43.1. The summed E-state index contributed by atoms with van der Waals surface area (Å²) in [7, 11) is 0. The van der Waals surface area contributed by atoms with E-state index in [1.807, 2.05) is 11.3 Å². The Balaban J connectivity index is 0.949. The number of hydrogen-bond donors (Lipinski definition) is 0. The summed E-state index contributed by atoms with van der Waals surface area (Å²) < 4.78 is 5.14. The van der Waals surface area contributed by atoms with Gasteiger partial charge in [-0.2, -0.15) is 0 Å². The highest BCUT2D eigenvalue weighted by Crippen LogP contribution is 2.51. The zero-order valence-corrected chi connectivity index (χ0v) is 37.6. The molecule has 0 saturated carbocycles. The van der Waals surface area contributed by atoms with Crippen LogP contribution in [0.4, 0.5) is 0 Å². The van der Waals surface area contributed by atoms with E-state index in [0.29, 0.717) is 5.92 Å². The first-order valence-electron chi connectivity index (χ1n) is 22.8. The molecule has 308 valence electrons. The fourth-order valence-corrected chi connectivity index (χ4v) is 12.2. The summed E-state index contributed by atoms with van der Waals surface area (Å²) in [4.78, 5) is 0. The predicted octanol–water partition coefficient (Wildman–Crippen LogP) is 17.5. The summed E-state index contributed by atoms with van der Waals surface area (Å²) in [5.41, 5.74) is 21.0. The van der Waals surface area contributed by atoms with Crippen LogP contribution >= 0.6 is 11.3 Å². The van der Waals surface area contributed by atoms with Gasteiger partial charge in [-0.15, -0.1) is 11.3 Å². The summed E-state index contributed by atoms with van der Waals surface area (Å²) in [5, 5.41) is 5.27. The Morgan fingerprint density at radius 2 is 1.16 bits per heavy atom. The molecule has 2 aromatic heterocycles. The molecular formula is C62H49NS. The molecule has 0 saturated heterocycles. The van der Waals surface area contributed by atoms with Gasteiger partial charge in [0.05, 0.1) is 11.0 Å². The first-order chi connectivity index (χ1) is 31.4. The molecule has 1 atom stereocenters. The minimum atomic E-state index is -0.0567. The topological polar surface area (TPSA) is 4.93 Å². The van der Waals surface area contributed by atoms with E-state index in [1.165, 1.54) is 120 Å². The fraction of sp³-hybridized carbons (Fsp3) is 0.129. The second-order valence-corrected chi connectivity index (χ2v) is 19.4. The van der Waals surface area contributed by atoms with Crippen molar-refractivity contribution in [1.29, 1.82) is 0 Å². The summed E-state index contributed by atoms with van der Waals surface area (Å²) in [6.45, 7) is 9.41. The lowest BCUT2D eigenvalue weighted by atomic mass is 9.81. The molecule has 2 heterocycles. The Bertz CT molecular complexity index is 3620. The van der Waals surface area contributed by atoms with Crippen molar-refractivity contribution in [3.05, 3.63) is 222 Å². The van der Waals surface area contributed by atoms with Crippen molar-refractivity contribution in [2.45, 2.75) is 51.9 Å². The van der Waals surface area contributed by atoms with E-state index < -0.39 is 0 Å². The highest BCUT2D eigenvalue weighted by atomic mass is 32.1. The normalized spacial score (nSPS) is 13.5. The lowest BCUT2D eigenvalue weighted by Gasteiger charge is -2.23. The van der Waals surface area contributed by atoms with Gasteiger partial charge >= 0.3 is 0 Å². The molecule has 0 radical (unpaired) electrons. The van der Waals surface area contributed by atoms with Crippen LogP contribution < -0.4 is 0 Å². The number of para-hydroxylation sites is 2. The maximum absolute atomic E-state index is 2.54. The molecule has 0 aliphatic heterocycles. The molecule has 1 nitrogen and oxygen atoms in total. The molecule has 2 heteroatoms. The maximum Gasteiger partial charge on any atom is 0.0547 e. The van der Waals surface area contributed by atoms with Crippen LogP contribution in [0.5, 0.6) is 0 Å². The van der Waals surface area contributed by atoms with Crippen molar-refractivity contribution < 1.29 is 0 Å². The van der Waals surface area contributed by atoms with Crippen LogP contribution in [-0.4, -0.2) is 4.57 Å². The third-order valence-electron chi connectivity index (χ3n) is 14.4. The maximum atomic E-state index is 2.54. The molecule has 0 amide bonds. The Kier molecular flexibility index (Phi) is 9.11. The molecule has 12 rings (SSSR count). The molecule has 64 heavy (non-hydrogen) atoms. The average molecular weight is 840 g/mol. The van der Waals surface area contributed by atoms with Gasteiger partial charge in [0, 0.05) is 42.0 Å². The van der Waals surface area contributed by atoms with Crippen LogP contribution in [0, 0.1) is 6.92 Å². The third-order valence-corrected chi connectivity index (χ3v) is 15.6. The van der Waals surface area contributed by atoms with Crippen molar-refractivity contribution >= 4 is 53.3 Å². The van der Waals surface area contributed by atoms with E-state index in [1.54, 1.807) is 0 Å². The molecule has 1 aliphatic rings. The molecule has 0 spiro atoms. The van der Waals surface area contributed by atoms with Gasteiger partial charge in [0.2, 0.25) is 0 Å². The summed E-state index contributed by atoms with van der Waals surface area (Å²) in [6, 6.07) is 73.0. The van der Waals surface area contributed by atoms with Crippen LogP contribution in [0.15, 0.2) is 194 Å². The van der Waals surface area contributed by atoms with Crippen LogP contribution in [0.1, 0.15) is 60.9 Å². The predicted molar refractivity (Wildman–Crippen MR) is 275 cm³/mol. The zero-order valence-electron chi connectivity index (χ0n) is 36.8. The Hall–Kier alpha value is -7.00. The SMILES string of the molecule is CCC(Cc1ccccc1-c1cc(-c2ccc3c4ccccc4n(-c4ccccc4)c3c2)ccc1C)c1cc(-c2ccc3c(c2)C(C)(C)c2ccccc2-3)c2sc3ccccc3c2c1. The number of aryl methyl sites for hydroxylation is 1. The lowest BCUT2D eigenvalue weighted by Crippen LogP contribution is -2.14. The molecule has 1 aliphatic carbocycles. The smallest absolute Gasteiger partial charge is 0.0547 e. The van der Waals surface area contributed by atoms with E-state index in [2.05, 4.69) is 226 Å². The van der Waals surface area contributed by atoms with Gasteiger partial charge in [0.25, 0.3) is 0 Å². The van der Waals surface area contributed by atoms with Gasteiger partial charge in [-0.1, -0.05) is 160 Å². The molecule has 0 fully saturated rings. The quantitative estimate of drug-likeness (QED) is 0.144. The van der Waals surface area contributed by atoms with Crippen molar-refractivity contribution in [3.8, 4) is 50.2 Å².